The van der Waals surface area contributed by atoms with E-state index in [9.17, 15) is 9.59 Å². The van der Waals surface area contributed by atoms with Crippen molar-refractivity contribution in [2.45, 2.75) is 39.8 Å². The molecule has 1 aliphatic carbocycles. The van der Waals surface area contributed by atoms with Gasteiger partial charge in [-0.25, -0.2) is 4.98 Å². The Kier molecular flexibility index (Phi) is 4.86. The van der Waals surface area contributed by atoms with Crippen LogP contribution in [0.15, 0.2) is 42.7 Å². The van der Waals surface area contributed by atoms with E-state index in [2.05, 4.69) is 35.5 Å². The van der Waals surface area contributed by atoms with Gasteiger partial charge in [-0.15, -0.1) is 0 Å². The maximum Gasteiger partial charge on any atom is 0.240 e. The molecule has 0 saturated heterocycles. The highest BCUT2D eigenvalue weighted by Crippen LogP contribution is 2.30. The molecular formula is C22H24N4O2. The van der Waals surface area contributed by atoms with E-state index in [0.29, 0.717) is 6.54 Å². The van der Waals surface area contributed by atoms with Crippen LogP contribution in [-0.4, -0.2) is 21.4 Å². The van der Waals surface area contributed by atoms with Crippen LogP contribution in [0.3, 0.4) is 0 Å². The lowest BCUT2D eigenvalue weighted by molar-refractivity contribution is -0.121. The summed E-state index contributed by atoms with van der Waals surface area (Å²) in [6.07, 6.45) is 3.66. The van der Waals surface area contributed by atoms with Gasteiger partial charge in [0.05, 0.1) is 17.4 Å². The molecule has 4 rings (SSSR count). The van der Waals surface area contributed by atoms with Gasteiger partial charge in [-0.2, -0.15) is 0 Å². The molecule has 1 aliphatic rings. The average molecular weight is 376 g/mol. The quantitative estimate of drug-likeness (QED) is 0.693. The first-order valence-electron chi connectivity index (χ1n) is 9.58. The standard InChI is InChI=1S/C22H24N4O2/c1-14-8-19-20(9-15(14)2)26(13-24-19)12-21(27)23-11-16-4-3-5-18(10-16)25-22(28)17-6-7-17/h3-5,8-10,13,17H,6-7,11-12H2,1-2H3,(H,23,27)(H,25,28). The molecule has 0 aliphatic heterocycles. The largest absolute Gasteiger partial charge is 0.350 e. The van der Waals surface area contributed by atoms with Crippen molar-refractivity contribution in [2.75, 3.05) is 5.32 Å². The van der Waals surface area contributed by atoms with Gasteiger partial charge in [0.15, 0.2) is 0 Å². The number of amides is 2. The van der Waals surface area contributed by atoms with Crippen LogP contribution >= 0.6 is 0 Å². The fourth-order valence-electron chi connectivity index (χ4n) is 3.20. The molecular weight excluding hydrogens is 352 g/mol. The monoisotopic (exact) mass is 376 g/mol. The zero-order valence-corrected chi connectivity index (χ0v) is 16.2. The molecule has 1 fully saturated rings. The zero-order valence-electron chi connectivity index (χ0n) is 16.2. The number of benzene rings is 2. The Morgan fingerprint density at radius 2 is 1.93 bits per heavy atom. The third-order valence-corrected chi connectivity index (χ3v) is 5.18. The van der Waals surface area contributed by atoms with E-state index < -0.39 is 0 Å². The molecule has 0 unspecified atom stereocenters. The Bertz CT molecular complexity index is 1050. The molecule has 2 aromatic carbocycles. The van der Waals surface area contributed by atoms with Crippen molar-refractivity contribution in [1.29, 1.82) is 0 Å². The smallest absolute Gasteiger partial charge is 0.240 e. The van der Waals surface area contributed by atoms with Crippen molar-refractivity contribution in [1.82, 2.24) is 14.9 Å². The van der Waals surface area contributed by atoms with Crippen molar-refractivity contribution in [3.8, 4) is 0 Å². The highest BCUT2D eigenvalue weighted by atomic mass is 16.2. The molecule has 3 aromatic rings. The number of carbonyl (C=O) groups is 2. The van der Waals surface area contributed by atoms with E-state index in [1.807, 2.05) is 34.9 Å². The average Bonchev–Trinajstić information content (AvgIpc) is 3.46. The summed E-state index contributed by atoms with van der Waals surface area (Å²) in [5, 5.41) is 5.88. The van der Waals surface area contributed by atoms with Gasteiger partial charge in [-0.05, 0) is 67.6 Å². The Morgan fingerprint density at radius 1 is 1.14 bits per heavy atom. The molecule has 1 heterocycles. The van der Waals surface area contributed by atoms with Crippen LogP contribution in [0.25, 0.3) is 11.0 Å². The first-order valence-corrected chi connectivity index (χ1v) is 9.58. The molecule has 0 bridgehead atoms. The van der Waals surface area contributed by atoms with E-state index in [4.69, 9.17) is 0 Å². The summed E-state index contributed by atoms with van der Waals surface area (Å²) in [6, 6.07) is 11.7. The lowest BCUT2D eigenvalue weighted by atomic mass is 10.1. The van der Waals surface area contributed by atoms with Crippen LogP contribution in [0.1, 0.15) is 29.5 Å². The molecule has 2 N–H and O–H groups in total. The molecule has 6 nitrogen and oxygen atoms in total. The first kappa shape index (κ1) is 18.2. The van der Waals surface area contributed by atoms with Gasteiger partial charge in [0.1, 0.15) is 6.54 Å². The van der Waals surface area contributed by atoms with Crippen LogP contribution in [0, 0.1) is 19.8 Å². The normalized spacial score (nSPS) is 13.5. The lowest BCUT2D eigenvalue weighted by Crippen LogP contribution is -2.27. The SMILES string of the molecule is Cc1cc2ncn(CC(=O)NCc3cccc(NC(=O)C4CC4)c3)c2cc1C. The van der Waals surface area contributed by atoms with Crippen LogP contribution in [-0.2, 0) is 22.7 Å². The van der Waals surface area contributed by atoms with Crippen molar-refractivity contribution < 1.29 is 9.59 Å². The number of nitrogens with zero attached hydrogens (tertiary/aromatic N) is 2. The van der Waals surface area contributed by atoms with E-state index in [-0.39, 0.29) is 24.3 Å². The van der Waals surface area contributed by atoms with Crippen LogP contribution in [0.5, 0.6) is 0 Å². The number of nitrogens with one attached hydrogen (secondary N) is 2. The molecule has 0 spiro atoms. The number of hydrogen-bond acceptors (Lipinski definition) is 3. The minimum Gasteiger partial charge on any atom is -0.350 e. The van der Waals surface area contributed by atoms with Gasteiger partial charge in [0, 0.05) is 18.2 Å². The predicted octanol–water partition coefficient (Wildman–Crippen LogP) is 3.32. The minimum absolute atomic E-state index is 0.0788. The number of anilines is 1. The first-order chi connectivity index (χ1) is 13.5. The van der Waals surface area contributed by atoms with Gasteiger partial charge in [0.2, 0.25) is 11.8 Å². The Labute approximate surface area is 164 Å². The number of fused-ring (bicyclic) bond motifs is 1. The van der Waals surface area contributed by atoms with Crippen molar-refractivity contribution in [3.05, 3.63) is 59.4 Å². The van der Waals surface area contributed by atoms with Crippen LogP contribution < -0.4 is 10.6 Å². The fourth-order valence-corrected chi connectivity index (χ4v) is 3.20. The summed E-state index contributed by atoms with van der Waals surface area (Å²) in [7, 11) is 0. The lowest BCUT2D eigenvalue weighted by Gasteiger charge is -2.10. The van der Waals surface area contributed by atoms with Gasteiger partial charge in [-0.3, -0.25) is 9.59 Å². The second-order valence-corrected chi connectivity index (χ2v) is 7.54. The van der Waals surface area contributed by atoms with Crippen molar-refractivity contribution >= 4 is 28.5 Å². The summed E-state index contributed by atoms with van der Waals surface area (Å²) < 4.78 is 1.86. The molecule has 0 radical (unpaired) electrons. The van der Waals surface area contributed by atoms with Crippen molar-refractivity contribution in [2.24, 2.45) is 5.92 Å². The summed E-state index contributed by atoms with van der Waals surface area (Å²) in [4.78, 5) is 28.7. The number of carbonyl (C=O) groups excluding carboxylic acids is 2. The molecule has 28 heavy (non-hydrogen) atoms. The maximum atomic E-state index is 12.4. The molecule has 6 heteroatoms. The summed E-state index contributed by atoms with van der Waals surface area (Å²) in [5.41, 5.74) is 5.95. The third kappa shape index (κ3) is 4.06. The van der Waals surface area contributed by atoms with E-state index in [1.54, 1.807) is 6.33 Å². The van der Waals surface area contributed by atoms with E-state index in [1.165, 1.54) is 11.1 Å². The molecule has 1 aromatic heterocycles. The topological polar surface area (TPSA) is 76.0 Å². The highest BCUT2D eigenvalue weighted by molar-refractivity contribution is 5.94. The van der Waals surface area contributed by atoms with Crippen LogP contribution in [0.2, 0.25) is 0 Å². The minimum atomic E-state index is -0.0788. The van der Waals surface area contributed by atoms with E-state index in [0.717, 1.165) is 35.1 Å². The molecule has 1 saturated carbocycles. The number of imidazole rings is 1. The number of hydrogen-bond donors (Lipinski definition) is 2. The molecule has 0 atom stereocenters. The van der Waals surface area contributed by atoms with Gasteiger partial charge < -0.3 is 15.2 Å². The highest BCUT2D eigenvalue weighted by Gasteiger charge is 2.29. The summed E-state index contributed by atoms with van der Waals surface area (Å²) >= 11 is 0. The van der Waals surface area contributed by atoms with Gasteiger partial charge in [0.25, 0.3) is 0 Å². The summed E-state index contributed by atoms with van der Waals surface area (Å²) in [5.74, 6) is 0.171. The second-order valence-electron chi connectivity index (χ2n) is 7.54. The predicted molar refractivity (Wildman–Crippen MR) is 109 cm³/mol. The maximum absolute atomic E-state index is 12.4. The molecule has 144 valence electrons. The second kappa shape index (κ2) is 7.46. The van der Waals surface area contributed by atoms with E-state index >= 15 is 0 Å². The third-order valence-electron chi connectivity index (χ3n) is 5.18. The number of rotatable bonds is 6. The fraction of sp³-hybridized carbons (Fsp3) is 0.318. The Morgan fingerprint density at radius 3 is 2.71 bits per heavy atom. The number of aromatic nitrogens is 2. The summed E-state index contributed by atoms with van der Waals surface area (Å²) in [6.45, 7) is 4.75. The molecule has 2 amide bonds. The van der Waals surface area contributed by atoms with Crippen molar-refractivity contribution in [3.63, 3.8) is 0 Å². The Balaban J connectivity index is 1.37. The Hall–Kier alpha value is -3.15. The van der Waals surface area contributed by atoms with Crippen LogP contribution in [0.4, 0.5) is 5.69 Å². The van der Waals surface area contributed by atoms with Gasteiger partial charge in [-0.1, -0.05) is 12.1 Å². The van der Waals surface area contributed by atoms with Gasteiger partial charge >= 0.3 is 0 Å². The number of aryl methyl sites for hydroxylation is 2. The zero-order chi connectivity index (χ0) is 19.7.